The van der Waals surface area contributed by atoms with Crippen LogP contribution in [-0.2, 0) is 14.3 Å². The van der Waals surface area contributed by atoms with Crippen LogP contribution in [0.1, 0.15) is 20.8 Å². The van der Waals surface area contributed by atoms with Gasteiger partial charge in [0.2, 0.25) is 0 Å². The van der Waals surface area contributed by atoms with Crippen LogP contribution in [-0.4, -0.2) is 42.8 Å². The molecule has 0 atom stereocenters. The van der Waals surface area contributed by atoms with E-state index in [1.807, 2.05) is 81.4 Å². The van der Waals surface area contributed by atoms with E-state index < -0.39 is 0 Å². The molecule has 0 radical (unpaired) electrons. The summed E-state index contributed by atoms with van der Waals surface area (Å²) in [5, 5.41) is 0. The van der Waals surface area contributed by atoms with Crippen LogP contribution in [0.5, 0.6) is 0 Å². The van der Waals surface area contributed by atoms with Gasteiger partial charge in [-0.2, -0.15) is 0 Å². The Hall–Kier alpha value is -3.12. The van der Waals surface area contributed by atoms with Crippen LogP contribution in [0, 0.1) is 0 Å². The van der Waals surface area contributed by atoms with Gasteiger partial charge in [0, 0.05) is 30.6 Å². The van der Waals surface area contributed by atoms with Crippen LogP contribution < -0.4 is 4.90 Å². The van der Waals surface area contributed by atoms with Gasteiger partial charge in [-0.15, -0.1) is 0 Å². The summed E-state index contributed by atoms with van der Waals surface area (Å²) in [6.07, 6.45) is 1.80. The van der Waals surface area contributed by atoms with Crippen molar-refractivity contribution in [2.45, 2.75) is 26.8 Å². The second-order valence-corrected chi connectivity index (χ2v) is 6.81. The van der Waals surface area contributed by atoms with Crippen molar-refractivity contribution in [2.75, 3.05) is 24.8 Å². The molecule has 1 aliphatic heterocycles. The molecule has 0 bridgehead atoms. The molecule has 29 heavy (non-hydrogen) atoms. The third-order valence-corrected chi connectivity index (χ3v) is 4.28. The molecule has 1 heterocycles. The number of benzene rings is 2. The standard InChI is InChI=1S/C23H27N3O3/c1-4-28-17-26-22(27)21(29-23(26)24-18(2)3)15-16-25(19-11-7-5-8-12-19)20-13-9-6-10-14-20/h5-15,18H,4,16-17H2,1-3H3/b21-15+,24-23?. The van der Waals surface area contributed by atoms with Crippen LogP contribution in [0.3, 0.4) is 0 Å². The lowest BCUT2D eigenvalue weighted by Crippen LogP contribution is -2.33. The maximum Gasteiger partial charge on any atom is 0.302 e. The smallest absolute Gasteiger partial charge is 0.302 e. The van der Waals surface area contributed by atoms with E-state index in [-0.39, 0.29) is 30.5 Å². The molecule has 0 N–H and O–H groups in total. The van der Waals surface area contributed by atoms with E-state index in [9.17, 15) is 4.79 Å². The lowest BCUT2D eigenvalue weighted by Gasteiger charge is -2.23. The minimum absolute atomic E-state index is 0.00594. The fraction of sp³-hybridized carbons (Fsp3) is 0.304. The summed E-state index contributed by atoms with van der Waals surface area (Å²) in [6, 6.07) is 20.4. The number of hydrogen-bond acceptors (Lipinski definition) is 5. The Morgan fingerprint density at radius 3 is 2.17 bits per heavy atom. The highest BCUT2D eigenvalue weighted by molar-refractivity contribution is 6.09. The lowest BCUT2D eigenvalue weighted by molar-refractivity contribution is -0.126. The zero-order valence-electron chi connectivity index (χ0n) is 17.1. The third kappa shape index (κ3) is 5.23. The maximum atomic E-state index is 12.8. The van der Waals surface area contributed by atoms with Gasteiger partial charge in [0.05, 0.1) is 0 Å². The number of nitrogens with zero attached hydrogens (tertiary/aromatic N) is 3. The van der Waals surface area contributed by atoms with Crippen molar-refractivity contribution in [2.24, 2.45) is 4.99 Å². The van der Waals surface area contributed by atoms with Gasteiger partial charge < -0.3 is 14.4 Å². The summed E-state index contributed by atoms with van der Waals surface area (Å²) in [5.41, 5.74) is 2.06. The SMILES string of the molecule is CCOCN1C(=O)/C(=C\CN(c2ccccc2)c2ccccc2)OC1=NC(C)C. The van der Waals surface area contributed by atoms with E-state index in [0.717, 1.165) is 11.4 Å². The van der Waals surface area contributed by atoms with Gasteiger partial charge in [0.15, 0.2) is 5.76 Å². The molecule has 0 saturated carbocycles. The van der Waals surface area contributed by atoms with E-state index in [2.05, 4.69) is 9.89 Å². The van der Waals surface area contributed by atoms with Crippen LogP contribution in [0.25, 0.3) is 0 Å². The normalized spacial score (nSPS) is 16.7. The molecule has 0 aromatic heterocycles. The Morgan fingerprint density at radius 1 is 1.07 bits per heavy atom. The molecule has 3 rings (SSSR count). The molecule has 0 spiro atoms. The highest BCUT2D eigenvalue weighted by atomic mass is 16.5. The largest absolute Gasteiger partial charge is 0.420 e. The van der Waals surface area contributed by atoms with E-state index in [0.29, 0.717) is 13.2 Å². The van der Waals surface area contributed by atoms with Crippen molar-refractivity contribution in [1.29, 1.82) is 0 Å². The molecule has 0 aliphatic carbocycles. The fourth-order valence-electron chi connectivity index (χ4n) is 2.91. The molecule has 1 aliphatic rings. The maximum absolute atomic E-state index is 12.8. The minimum atomic E-state index is -0.237. The van der Waals surface area contributed by atoms with Crippen molar-refractivity contribution in [3.05, 3.63) is 72.5 Å². The molecule has 1 fully saturated rings. The summed E-state index contributed by atoms with van der Waals surface area (Å²) < 4.78 is 11.2. The van der Waals surface area contributed by atoms with E-state index in [4.69, 9.17) is 9.47 Å². The van der Waals surface area contributed by atoms with E-state index in [1.165, 1.54) is 4.90 Å². The number of aliphatic imine (C=N–C) groups is 1. The zero-order chi connectivity index (χ0) is 20.6. The minimum Gasteiger partial charge on any atom is -0.420 e. The number of rotatable bonds is 8. The number of amidine groups is 1. The van der Waals surface area contributed by atoms with Crippen molar-refractivity contribution >= 4 is 23.3 Å². The second kappa shape index (κ2) is 9.89. The topological polar surface area (TPSA) is 54.4 Å². The predicted octanol–water partition coefficient (Wildman–Crippen LogP) is 4.33. The number of para-hydroxylation sites is 2. The monoisotopic (exact) mass is 393 g/mol. The number of anilines is 2. The Morgan fingerprint density at radius 2 is 1.66 bits per heavy atom. The number of carbonyl (C=O) groups is 1. The van der Waals surface area contributed by atoms with Gasteiger partial charge in [0.1, 0.15) is 6.73 Å². The number of ether oxygens (including phenoxy) is 2. The quantitative estimate of drug-likeness (QED) is 0.627. The van der Waals surface area contributed by atoms with Gasteiger partial charge in [-0.1, -0.05) is 36.4 Å². The van der Waals surface area contributed by atoms with Crippen molar-refractivity contribution in [3.8, 4) is 0 Å². The lowest BCUT2D eigenvalue weighted by atomic mass is 10.2. The molecule has 6 heteroatoms. The predicted molar refractivity (Wildman–Crippen MR) is 115 cm³/mol. The second-order valence-electron chi connectivity index (χ2n) is 6.81. The number of amides is 1. The zero-order valence-corrected chi connectivity index (χ0v) is 17.1. The molecule has 6 nitrogen and oxygen atoms in total. The average Bonchev–Trinajstić information content (AvgIpc) is 3.02. The van der Waals surface area contributed by atoms with Crippen molar-refractivity contribution in [3.63, 3.8) is 0 Å². The first kappa shape index (κ1) is 20.6. The van der Waals surface area contributed by atoms with Crippen molar-refractivity contribution in [1.82, 2.24) is 4.90 Å². The van der Waals surface area contributed by atoms with Crippen molar-refractivity contribution < 1.29 is 14.3 Å². The van der Waals surface area contributed by atoms with Gasteiger partial charge in [-0.05, 0) is 51.1 Å². The van der Waals surface area contributed by atoms with Gasteiger partial charge in [-0.25, -0.2) is 9.89 Å². The van der Waals surface area contributed by atoms with Gasteiger partial charge in [-0.3, -0.25) is 4.79 Å². The first-order valence-corrected chi connectivity index (χ1v) is 9.83. The summed E-state index contributed by atoms with van der Waals surface area (Å²) in [4.78, 5) is 20.8. The van der Waals surface area contributed by atoms with Crippen LogP contribution in [0.2, 0.25) is 0 Å². The fourth-order valence-corrected chi connectivity index (χ4v) is 2.91. The van der Waals surface area contributed by atoms with Crippen LogP contribution >= 0.6 is 0 Å². The number of carbonyl (C=O) groups excluding carboxylic acids is 1. The number of hydrogen-bond donors (Lipinski definition) is 0. The molecule has 0 unspecified atom stereocenters. The molecule has 1 amide bonds. The Kier molecular flexibility index (Phi) is 7.03. The first-order chi connectivity index (χ1) is 14.1. The average molecular weight is 393 g/mol. The summed E-state index contributed by atoms with van der Waals surface area (Å²) >= 11 is 0. The summed E-state index contributed by atoms with van der Waals surface area (Å²) in [5.74, 6) is 0.0277. The van der Waals surface area contributed by atoms with Crippen LogP contribution in [0.15, 0.2) is 77.5 Å². The third-order valence-electron chi connectivity index (χ3n) is 4.28. The highest BCUT2D eigenvalue weighted by Gasteiger charge is 2.35. The molecule has 2 aromatic rings. The molecule has 152 valence electrons. The van der Waals surface area contributed by atoms with Crippen LogP contribution in [0.4, 0.5) is 11.4 Å². The van der Waals surface area contributed by atoms with E-state index in [1.54, 1.807) is 6.08 Å². The molecule has 2 aromatic carbocycles. The first-order valence-electron chi connectivity index (χ1n) is 9.83. The Balaban J connectivity index is 1.86. The molecular weight excluding hydrogens is 366 g/mol. The Labute approximate surface area is 172 Å². The molecular formula is C23H27N3O3. The summed E-state index contributed by atoms with van der Waals surface area (Å²) in [7, 11) is 0. The highest BCUT2D eigenvalue weighted by Crippen LogP contribution is 2.26. The van der Waals surface area contributed by atoms with Gasteiger partial charge >= 0.3 is 6.02 Å². The Bertz CT molecular complexity index is 824. The van der Waals surface area contributed by atoms with E-state index >= 15 is 0 Å². The summed E-state index contributed by atoms with van der Waals surface area (Å²) in [6.45, 7) is 6.87. The van der Waals surface area contributed by atoms with Gasteiger partial charge in [0.25, 0.3) is 5.91 Å². The molecule has 1 saturated heterocycles.